The number of carbonyl (C=O) groups excluding carboxylic acids is 1. The van der Waals surface area contributed by atoms with Crippen LogP contribution in [-0.4, -0.2) is 40.8 Å². The predicted molar refractivity (Wildman–Crippen MR) is 61.2 cm³/mol. The molecule has 0 aromatic carbocycles. The second-order valence-electron chi connectivity index (χ2n) is 4.56. The molecule has 1 aliphatic carbocycles. The minimum absolute atomic E-state index is 0.0599. The first kappa shape index (κ1) is 13.9. The van der Waals surface area contributed by atoms with Crippen molar-refractivity contribution in [2.24, 2.45) is 11.7 Å². The van der Waals surface area contributed by atoms with E-state index in [0.29, 0.717) is 6.54 Å². The Balaban J connectivity index is 2.29. The zero-order valence-corrected chi connectivity index (χ0v) is 9.76. The second-order valence-corrected chi connectivity index (χ2v) is 4.56. The summed E-state index contributed by atoms with van der Waals surface area (Å²) in [6.07, 6.45) is 2.97. The quantitative estimate of drug-likeness (QED) is 0.518. The molecule has 0 aromatic rings. The number of aliphatic carboxylic acids is 1. The van der Waals surface area contributed by atoms with Crippen LogP contribution in [0.5, 0.6) is 0 Å². The van der Waals surface area contributed by atoms with Crippen molar-refractivity contribution in [1.82, 2.24) is 5.32 Å². The topological polar surface area (TPSA) is 113 Å². The van der Waals surface area contributed by atoms with E-state index in [1.54, 1.807) is 0 Å². The fourth-order valence-corrected chi connectivity index (χ4v) is 2.07. The number of aliphatic hydroxyl groups excluding tert-OH is 1. The first-order valence-corrected chi connectivity index (χ1v) is 5.94. The van der Waals surface area contributed by atoms with Gasteiger partial charge in [-0.1, -0.05) is 12.8 Å². The number of nitrogens with two attached hydrogens (primary N) is 1. The highest BCUT2D eigenvalue weighted by Gasteiger charge is 2.24. The number of amides is 1. The molecule has 6 heteroatoms. The molecule has 5 N–H and O–H groups in total. The Morgan fingerprint density at radius 3 is 2.59 bits per heavy atom. The lowest BCUT2D eigenvalue weighted by atomic mass is 9.86. The Kier molecular flexibility index (Phi) is 5.37. The monoisotopic (exact) mass is 244 g/mol. The molecule has 98 valence electrons. The van der Waals surface area contributed by atoms with Gasteiger partial charge in [-0.15, -0.1) is 0 Å². The van der Waals surface area contributed by atoms with E-state index < -0.39 is 17.9 Å². The highest BCUT2D eigenvalue weighted by molar-refractivity contribution is 5.85. The summed E-state index contributed by atoms with van der Waals surface area (Å²) in [6.45, 7) is 0.368. The molecule has 1 aliphatic rings. The second kappa shape index (κ2) is 6.56. The van der Waals surface area contributed by atoms with Crippen molar-refractivity contribution in [1.29, 1.82) is 0 Å². The summed E-state index contributed by atoms with van der Waals surface area (Å²) in [5.74, 6) is -1.50. The maximum atomic E-state index is 11.4. The molecule has 0 radical (unpaired) electrons. The van der Waals surface area contributed by atoms with Crippen molar-refractivity contribution < 1.29 is 19.8 Å². The highest BCUT2D eigenvalue weighted by Crippen LogP contribution is 2.23. The molecule has 3 atom stereocenters. The third-order valence-corrected chi connectivity index (χ3v) is 3.14. The number of rotatable bonds is 5. The number of hydrogen-bond donors (Lipinski definition) is 4. The minimum atomic E-state index is -1.09. The fraction of sp³-hybridized carbons (Fsp3) is 0.818. The zero-order chi connectivity index (χ0) is 12.8. The lowest BCUT2D eigenvalue weighted by Crippen LogP contribution is -2.45. The van der Waals surface area contributed by atoms with E-state index in [1.165, 1.54) is 0 Å². The van der Waals surface area contributed by atoms with Gasteiger partial charge in [0.1, 0.15) is 0 Å². The summed E-state index contributed by atoms with van der Waals surface area (Å²) < 4.78 is 0. The lowest BCUT2D eigenvalue weighted by Gasteiger charge is -2.27. The molecule has 1 fully saturated rings. The van der Waals surface area contributed by atoms with E-state index in [2.05, 4.69) is 5.32 Å². The van der Waals surface area contributed by atoms with Gasteiger partial charge in [-0.3, -0.25) is 9.59 Å². The van der Waals surface area contributed by atoms with Gasteiger partial charge in [0.25, 0.3) is 0 Å². The highest BCUT2D eigenvalue weighted by atomic mass is 16.4. The smallest absolute Gasteiger partial charge is 0.305 e. The Morgan fingerprint density at radius 1 is 1.35 bits per heavy atom. The van der Waals surface area contributed by atoms with Crippen molar-refractivity contribution >= 4 is 11.9 Å². The molecule has 6 nitrogen and oxygen atoms in total. The number of carboxylic acids is 1. The van der Waals surface area contributed by atoms with Crippen molar-refractivity contribution in [3.8, 4) is 0 Å². The third-order valence-electron chi connectivity index (χ3n) is 3.14. The molecule has 0 spiro atoms. The van der Waals surface area contributed by atoms with Crippen LogP contribution in [0, 0.1) is 5.92 Å². The van der Waals surface area contributed by atoms with Gasteiger partial charge in [0, 0.05) is 12.5 Å². The Labute approximate surface area is 100 Å². The van der Waals surface area contributed by atoms with Crippen molar-refractivity contribution in [3.05, 3.63) is 0 Å². The number of nitrogens with one attached hydrogen (secondary N) is 1. The summed E-state index contributed by atoms with van der Waals surface area (Å²) >= 11 is 0. The van der Waals surface area contributed by atoms with Crippen LogP contribution in [0.4, 0.5) is 0 Å². The van der Waals surface area contributed by atoms with Gasteiger partial charge in [-0.05, 0) is 12.8 Å². The summed E-state index contributed by atoms with van der Waals surface area (Å²) in [4.78, 5) is 21.8. The van der Waals surface area contributed by atoms with Crippen LogP contribution in [0.2, 0.25) is 0 Å². The van der Waals surface area contributed by atoms with E-state index in [-0.39, 0.29) is 18.4 Å². The first-order chi connectivity index (χ1) is 8.00. The molecular weight excluding hydrogens is 224 g/mol. The minimum Gasteiger partial charge on any atom is -0.481 e. The van der Waals surface area contributed by atoms with E-state index in [1.807, 2.05) is 0 Å². The normalized spacial score (nSPS) is 26.2. The third kappa shape index (κ3) is 4.70. The van der Waals surface area contributed by atoms with Crippen LogP contribution in [0.25, 0.3) is 0 Å². The summed E-state index contributed by atoms with van der Waals surface area (Å²) in [5, 5.41) is 20.8. The SMILES string of the molecule is NC(CC(=O)O)C(=O)NCC1CCCCC1O. The summed E-state index contributed by atoms with van der Waals surface area (Å²) in [6, 6.07) is -1.02. The van der Waals surface area contributed by atoms with E-state index in [9.17, 15) is 14.7 Å². The Morgan fingerprint density at radius 2 is 2.00 bits per heavy atom. The van der Waals surface area contributed by atoms with Crippen LogP contribution >= 0.6 is 0 Å². The maximum absolute atomic E-state index is 11.4. The van der Waals surface area contributed by atoms with E-state index >= 15 is 0 Å². The average molecular weight is 244 g/mol. The number of aliphatic hydroxyl groups is 1. The largest absolute Gasteiger partial charge is 0.481 e. The van der Waals surface area contributed by atoms with Gasteiger partial charge in [-0.25, -0.2) is 0 Å². The number of hydrogen-bond acceptors (Lipinski definition) is 4. The van der Waals surface area contributed by atoms with Crippen LogP contribution in [0.15, 0.2) is 0 Å². The van der Waals surface area contributed by atoms with Crippen molar-refractivity contribution in [2.45, 2.75) is 44.2 Å². The lowest BCUT2D eigenvalue weighted by molar-refractivity contribution is -0.139. The van der Waals surface area contributed by atoms with Gasteiger partial charge in [0.15, 0.2) is 0 Å². The maximum Gasteiger partial charge on any atom is 0.305 e. The van der Waals surface area contributed by atoms with Crippen LogP contribution in [0.3, 0.4) is 0 Å². The molecule has 0 aromatic heterocycles. The molecule has 0 aliphatic heterocycles. The molecule has 0 bridgehead atoms. The van der Waals surface area contributed by atoms with Gasteiger partial charge >= 0.3 is 5.97 Å². The van der Waals surface area contributed by atoms with Gasteiger partial charge in [0.2, 0.25) is 5.91 Å². The van der Waals surface area contributed by atoms with Crippen molar-refractivity contribution in [3.63, 3.8) is 0 Å². The Bertz CT molecular complexity index is 283. The molecular formula is C11H20N2O4. The molecule has 3 unspecified atom stereocenters. The summed E-state index contributed by atoms with van der Waals surface area (Å²) in [5.41, 5.74) is 5.41. The van der Waals surface area contributed by atoms with Crippen LogP contribution in [-0.2, 0) is 9.59 Å². The Hall–Kier alpha value is -1.14. The molecule has 1 saturated carbocycles. The summed E-state index contributed by atoms with van der Waals surface area (Å²) in [7, 11) is 0. The zero-order valence-electron chi connectivity index (χ0n) is 9.76. The first-order valence-electron chi connectivity index (χ1n) is 5.94. The standard InChI is InChI=1S/C11H20N2O4/c12-8(5-10(15)16)11(17)13-6-7-3-1-2-4-9(7)14/h7-9,14H,1-6,12H2,(H,13,17)(H,15,16). The van der Waals surface area contributed by atoms with Crippen LogP contribution < -0.4 is 11.1 Å². The molecule has 1 rings (SSSR count). The molecule has 1 amide bonds. The van der Waals surface area contributed by atoms with E-state index in [0.717, 1.165) is 25.7 Å². The number of carboxylic acid groups (broad SMARTS) is 1. The van der Waals surface area contributed by atoms with Gasteiger partial charge in [0.05, 0.1) is 18.6 Å². The average Bonchev–Trinajstić information content (AvgIpc) is 2.26. The van der Waals surface area contributed by atoms with Crippen molar-refractivity contribution in [2.75, 3.05) is 6.54 Å². The molecule has 0 heterocycles. The number of carbonyl (C=O) groups is 2. The van der Waals surface area contributed by atoms with E-state index in [4.69, 9.17) is 10.8 Å². The molecule has 0 saturated heterocycles. The predicted octanol–water partition coefficient (Wildman–Crippen LogP) is -0.544. The van der Waals surface area contributed by atoms with Gasteiger partial charge in [-0.2, -0.15) is 0 Å². The van der Waals surface area contributed by atoms with Crippen LogP contribution in [0.1, 0.15) is 32.1 Å². The van der Waals surface area contributed by atoms with Gasteiger partial charge < -0.3 is 21.3 Å². The molecule has 17 heavy (non-hydrogen) atoms. The fourth-order valence-electron chi connectivity index (χ4n) is 2.07.